The van der Waals surface area contributed by atoms with Crippen LogP contribution in [-0.4, -0.2) is 27.2 Å². The molecule has 3 heteroatoms. The van der Waals surface area contributed by atoms with Crippen LogP contribution in [0.25, 0.3) is 0 Å². The highest BCUT2D eigenvalue weighted by Gasteiger charge is 2.20. The average Bonchev–Trinajstić information content (AvgIpc) is 2.17. The van der Waals surface area contributed by atoms with Gasteiger partial charge in [-0.05, 0) is 24.6 Å². The molecule has 0 aromatic heterocycles. The summed E-state index contributed by atoms with van der Waals surface area (Å²) < 4.78 is 13.5. The Bertz CT molecular complexity index is 336. The number of benzene rings is 1. The molecule has 0 saturated heterocycles. The number of nitrogens with zero attached hydrogens (tertiary/aromatic N) is 1. The van der Waals surface area contributed by atoms with Crippen molar-refractivity contribution in [2.24, 2.45) is 5.41 Å². The van der Waals surface area contributed by atoms with Crippen LogP contribution in [0.15, 0.2) is 24.3 Å². The molecule has 0 unspecified atom stereocenters. The monoisotopic (exact) mass is 224 g/mol. The van der Waals surface area contributed by atoms with Crippen molar-refractivity contribution in [3.05, 3.63) is 30.1 Å². The Morgan fingerprint density at radius 2 is 1.94 bits per heavy atom. The van der Waals surface area contributed by atoms with Crippen molar-refractivity contribution < 1.29 is 4.39 Å². The van der Waals surface area contributed by atoms with Crippen molar-refractivity contribution in [1.82, 2.24) is 5.32 Å². The lowest BCUT2D eigenvalue weighted by atomic mass is 9.92. The number of anilines is 1. The van der Waals surface area contributed by atoms with E-state index in [4.69, 9.17) is 0 Å². The Morgan fingerprint density at radius 1 is 1.31 bits per heavy atom. The molecule has 0 amide bonds. The van der Waals surface area contributed by atoms with E-state index in [0.29, 0.717) is 5.69 Å². The minimum atomic E-state index is -0.162. The van der Waals surface area contributed by atoms with E-state index in [9.17, 15) is 4.39 Å². The third kappa shape index (κ3) is 3.49. The molecule has 1 N–H and O–H groups in total. The summed E-state index contributed by atoms with van der Waals surface area (Å²) in [5.74, 6) is -0.162. The van der Waals surface area contributed by atoms with E-state index in [1.54, 1.807) is 6.07 Å². The zero-order valence-electron chi connectivity index (χ0n) is 10.5. The van der Waals surface area contributed by atoms with Gasteiger partial charge in [0.15, 0.2) is 0 Å². The number of hydrogen-bond donors (Lipinski definition) is 1. The van der Waals surface area contributed by atoms with Gasteiger partial charge in [-0.3, -0.25) is 0 Å². The van der Waals surface area contributed by atoms with Crippen molar-refractivity contribution in [3.8, 4) is 0 Å². The molecule has 0 spiro atoms. The topological polar surface area (TPSA) is 15.3 Å². The Kier molecular flexibility index (Phi) is 4.30. The predicted molar refractivity (Wildman–Crippen MR) is 67.4 cm³/mol. The molecule has 1 rings (SSSR count). The number of halogens is 1. The first kappa shape index (κ1) is 13.0. The lowest BCUT2D eigenvalue weighted by Gasteiger charge is -2.31. The molecule has 0 bridgehead atoms. The minimum Gasteiger partial charge on any atom is -0.372 e. The zero-order chi connectivity index (χ0) is 12.2. The summed E-state index contributed by atoms with van der Waals surface area (Å²) in [6.45, 7) is 6.06. The van der Waals surface area contributed by atoms with Crippen molar-refractivity contribution in [2.75, 3.05) is 32.1 Å². The first-order valence-corrected chi connectivity index (χ1v) is 5.56. The maximum Gasteiger partial charge on any atom is 0.146 e. The van der Waals surface area contributed by atoms with Gasteiger partial charge in [-0.15, -0.1) is 0 Å². The average molecular weight is 224 g/mol. The summed E-state index contributed by atoms with van der Waals surface area (Å²) in [7, 11) is 3.86. The van der Waals surface area contributed by atoms with E-state index >= 15 is 0 Å². The van der Waals surface area contributed by atoms with E-state index in [-0.39, 0.29) is 11.2 Å². The number of hydrogen-bond acceptors (Lipinski definition) is 2. The largest absolute Gasteiger partial charge is 0.372 e. The molecule has 2 nitrogen and oxygen atoms in total. The highest BCUT2D eigenvalue weighted by Crippen LogP contribution is 2.22. The van der Waals surface area contributed by atoms with Gasteiger partial charge in [-0.25, -0.2) is 4.39 Å². The van der Waals surface area contributed by atoms with E-state index < -0.39 is 0 Å². The minimum absolute atomic E-state index is 0.117. The van der Waals surface area contributed by atoms with E-state index in [1.165, 1.54) is 6.07 Å². The smallest absolute Gasteiger partial charge is 0.146 e. The molecule has 0 aliphatic carbocycles. The van der Waals surface area contributed by atoms with Gasteiger partial charge in [-0.1, -0.05) is 26.0 Å². The van der Waals surface area contributed by atoms with Gasteiger partial charge in [0, 0.05) is 20.1 Å². The van der Waals surface area contributed by atoms with Gasteiger partial charge in [0.1, 0.15) is 5.82 Å². The highest BCUT2D eigenvalue weighted by molar-refractivity contribution is 5.46. The molecular weight excluding hydrogens is 203 g/mol. The fraction of sp³-hybridized carbons (Fsp3) is 0.538. The van der Waals surface area contributed by atoms with Crippen molar-refractivity contribution in [3.63, 3.8) is 0 Å². The first-order valence-electron chi connectivity index (χ1n) is 5.56. The van der Waals surface area contributed by atoms with E-state index in [2.05, 4.69) is 19.2 Å². The van der Waals surface area contributed by atoms with Crippen LogP contribution in [-0.2, 0) is 0 Å². The molecular formula is C13H21FN2. The van der Waals surface area contributed by atoms with Crippen LogP contribution < -0.4 is 10.2 Å². The number of nitrogens with one attached hydrogen (secondary N) is 1. The fourth-order valence-electron chi connectivity index (χ4n) is 2.02. The molecule has 0 aliphatic rings. The van der Waals surface area contributed by atoms with Gasteiger partial charge < -0.3 is 10.2 Å². The Balaban J connectivity index is 2.72. The number of para-hydroxylation sites is 1. The van der Waals surface area contributed by atoms with Crippen molar-refractivity contribution >= 4 is 5.69 Å². The normalized spacial score (nSPS) is 11.6. The maximum absolute atomic E-state index is 13.5. The molecule has 0 atom stereocenters. The van der Waals surface area contributed by atoms with Crippen LogP contribution in [0.3, 0.4) is 0 Å². The lowest BCUT2D eigenvalue weighted by molar-refractivity contribution is 0.357. The second-order valence-corrected chi connectivity index (χ2v) is 5.00. The third-order valence-corrected chi connectivity index (χ3v) is 2.58. The zero-order valence-corrected chi connectivity index (χ0v) is 10.5. The molecule has 16 heavy (non-hydrogen) atoms. The van der Waals surface area contributed by atoms with Crippen LogP contribution in [0.4, 0.5) is 10.1 Å². The van der Waals surface area contributed by atoms with Crippen LogP contribution >= 0.6 is 0 Å². The van der Waals surface area contributed by atoms with Crippen LogP contribution in [0.2, 0.25) is 0 Å². The lowest BCUT2D eigenvalue weighted by Crippen LogP contribution is -2.38. The van der Waals surface area contributed by atoms with Crippen LogP contribution in [0.1, 0.15) is 13.8 Å². The Labute approximate surface area is 97.5 Å². The summed E-state index contributed by atoms with van der Waals surface area (Å²) in [6.07, 6.45) is 0. The second kappa shape index (κ2) is 5.30. The predicted octanol–water partition coefficient (Wildman–Crippen LogP) is 2.51. The van der Waals surface area contributed by atoms with Gasteiger partial charge in [0.2, 0.25) is 0 Å². The fourth-order valence-corrected chi connectivity index (χ4v) is 2.02. The molecule has 0 saturated carbocycles. The summed E-state index contributed by atoms with van der Waals surface area (Å²) >= 11 is 0. The van der Waals surface area contributed by atoms with Crippen LogP contribution in [0, 0.1) is 11.2 Å². The van der Waals surface area contributed by atoms with E-state index in [0.717, 1.165) is 13.1 Å². The summed E-state index contributed by atoms with van der Waals surface area (Å²) in [5.41, 5.74) is 0.776. The molecule has 0 aliphatic heterocycles. The molecule has 0 radical (unpaired) electrons. The SMILES string of the molecule is CNCC(C)(C)CN(C)c1ccccc1F. The first-order chi connectivity index (χ1) is 7.46. The summed E-state index contributed by atoms with van der Waals surface area (Å²) in [4.78, 5) is 1.96. The molecule has 0 fully saturated rings. The van der Waals surface area contributed by atoms with Gasteiger partial charge in [0.25, 0.3) is 0 Å². The molecule has 1 aromatic rings. The quantitative estimate of drug-likeness (QED) is 0.826. The van der Waals surface area contributed by atoms with Crippen molar-refractivity contribution in [2.45, 2.75) is 13.8 Å². The summed E-state index contributed by atoms with van der Waals surface area (Å²) in [6, 6.07) is 6.88. The highest BCUT2D eigenvalue weighted by atomic mass is 19.1. The van der Waals surface area contributed by atoms with E-state index in [1.807, 2.05) is 31.1 Å². The Hall–Kier alpha value is -1.09. The molecule has 0 heterocycles. The second-order valence-electron chi connectivity index (χ2n) is 5.00. The molecule has 1 aromatic carbocycles. The standard InChI is InChI=1S/C13H21FN2/c1-13(2,9-15-3)10-16(4)12-8-6-5-7-11(12)14/h5-8,15H,9-10H2,1-4H3. The number of rotatable bonds is 5. The van der Waals surface area contributed by atoms with Crippen molar-refractivity contribution in [1.29, 1.82) is 0 Å². The Morgan fingerprint density at radius 3 is 2.50 bits per heavy atom. The van der Waals surface area contributed by atoms with Crippen LogP contribution in [0.5, 0.6) is 0 Å². The van der Waals surface area contributed by atoms with Gasteiger partial charge in [0.05, 0.1) is 5.69 Å². The van der Waals surface area contributed by atoms with Gasteiger partial charge >= 0.3 is 0 Å². The maximum atomic E-state index is 13.5. The summed E-state index contributed by atoms with van der Waals surface area (Å²) in [5, 5.41) is 3.16. The third-order valence-electron chi connectivity index (χ3n) is 2.58. The molecule has 90 valence electrons. The van der Waals surface area contributed by atoms with Gasteiger partial charge in [-0.2, -0.15) is 0 Å².